The number of ether oxygens (including phenoxy) is 1. The Morgan fingerprint density at radius 3 is 3.10 bits per heavy atom. The Labute approximate surface area is 122 Å². The zero-order chi connectivity index (χ0) is 13.9. The maximum atomic E-state index is 5.97. The van der Waals surface area contributed by atoms with Crippen LogP contribution in [0.25, 0.3) is 4.96 Å². The fourth-order valence-electron chi connectivity index (χ4n) is 2.09. The molecule has 3 aromatic rings. The Morgan fingerprint density at radius 1 is 1.40 bits per heavy atom. The van der Waals surface area contributed by atoms with Gasteiger partial charge in [0, 0.05) is 18.1 Å². The molecule has 104 valence electrons. The summed E-state index contributed by atoms with van der Waals surface area (Å²) in [5, 5.41) is 5.37. The third-order valence-electron chi connectivity index (χ3n) is 3.07. The highest BCUT2D eigenvalue weighted by atomic mass is 32.1. The fraction of sp³-hybridized carbons (Fsp3) is 0.267. The predicted octanol–water partition coefficient (Wildman–Crippen LogP) is 3.61. The molecule has 0 amide bonds. The third kappa shape index (κ3) is 2.55. The Kier molecular flexibility index (Phi) is 3.71. The molecule has 0 aliphatic rings. The largest absolute Gasteiger partial charge is 0.437 e. The average molecular weight is 287 g/mol. The molecule has 0 atom stereocenters. The van der Waals surface area contributed by atoms with Gasteiger partial charge in [0.2, 0.25) is 5.88 Å². The molecule has 0 spiro atoms. The fourth-order valence-corrected chi connectivity index (χ4v) is 2.81. The van der Waals surface area contributed by atoms with E-state index in [0.29, 0.717) is 5.88 Å². The molecule has 20 heavy (non-hydrogen) atoms. The van der Waals surface area contributed by atoms with Crippen molar-refractivity contribution in [2.45, 2.75) is 20.4 Å². The van der Waals surface area contributed by atoms with Crippen LogP contribution in [-0.4, -0.2) is 15.9 Å². The van der Waals surface area contributed by atoms with Crippen LogP contribution in [0, 0.1) is 6.92 Å². The maximum Gasteiger partial charge on any atom is 0.243 e. The highest BCUT2D eigenvalue weighted by Crippen LogP contribution is 2.28. The van der Waals surface area contributed by atoms with E-state index in [9.17, 15) is 0 Å². The lowest BCUT2D eigenvalue weighted by Gasteiger charge is -2.07. The van der Waals surface area contributed by atoms with Gasteiger partial charge in [-0.3, -0.25) is 4.40 Å². The van der Waals surface area contributed by atoms with Crippen LogP contribution in [0.1, 0.15) is 18.2 Å². The van der Waals surface area contributed by atoms with Crippen LogP contribution >= 0.6 is 11.3 Å². The van der Waals surface area contributed by atoms with Crippen LogP contribution in [0.15, 0.2) is 35.8 Å². The van der Waals surface area contributed by atoms with Gasteiger partial charge in [0.05, 0.1) is 0 Å². The van der Waals surface area contributed by atoms with Crippen molar-refractivity contribution in [2.75, 3.05) is 6.54 Å². The molecule has 3 rings (SSSR count). The van der Waals surface area contributed by atoms with Crippen LogP contribution < -0.4 is 10.1 Å². The summed E-state index contributed by atoms with van der Waals surface area (Å²) in [4.78, 5) is 5.53. The molecule has 2 aromatic heterocycles. The molecule has 0 bridgehead atoms. The van der Waals surface area contributed by atoms with Crippen molar-refractivity contribution in [3.8, 4) is 11.6 Å². The number of hydrogen-bond acceptors (Lipinski definition) is 4. The number of hydrogen-bond donors (Lipinski definition) is 1. The molecule has 1 N–H and O–H groups in total. The van der Waals surface area contributed by atoms with E-state index < -0.39 is 0 Å². The van der Waals surface area contributed by atoms with Gasteiger partial charge >= 0.3 is 0 Å². The highest BCUT2D eigenvalue weighted by molar-refractivity contribution is 7.15. The van der Waals surface area contributed by atoms with E-state index in [-0.39, 0.29) is 0 Å². The molecule has 0 radical (unpaired) electrons. The second-order valence-corrected chi connectivity index (χ2v) is 5.49. The van der Waals surface area contributed by atoms with Gasteiger partial charge in [-0.25, -0.2) is 0 Å². The molecule has 4 nitrogen and oxygen atoms in total. The number of benzene rings is 1. The van der Waals surface area contributed by atoms with Crippen molar-refractivity contribution >= 4 is 16.3 Å². The average Bonchev–Trinajstić information content (AvgIpc) is 2.98. The first-order valence-corrected chi connectivity index (χ1v) is 7.55. The molecule has 0 unspecified atom stereocenters. The molecule has 0 saturated carbocycles. The summed E-state index contributed by atoms with van der Waals surface area (Å²) < 4.78 is 8.05. The zero-order valence-corrected chi connectivity index (χ0v) is 12.4. The molecule has 1 aromatic carbocycles. The van der Waals surface area contributed by atoms with E-state index in [1.807, 2.05) is 29.8 Å². The Bertz CT molecular complexity index is 717. The van der Waals surface area contributed by atoms with E-state index >= 15 is 0 Å². The number of nitrogens with one attached hydrogen (secondary N) is 1. The Morgan fingerprint density at radius 2 is 2.30 bits per heavy atom. The van der Waals surface area contributed by atoms with E-state index in [2.05, 4.69) is 34.6 Å². The second-order valence-electron chi connectivity index (χ2n) is 4.62. The summed E-state index contributed by atoms with van der Waals surface area (Å²) in [5.74, 6) is 1.51. The minimum absolute atomic E-state index is 0.684. The van der Waals surface area contributed by atoms with Gasteiger partial charge in [-0.05, 0) is 31.2 Å². The van der Waals surface area contributed by atoms with E-state index in [0.717, 1.165) is 29.5 Å². The SMILES string of the molecule is CCNCc1c(Oc2cccc(C)c2)nc2sccn12. The van der Waals surface area contributed by atoms with Gasteiger partial charge in [0.15, 0.2) is 4.96 Å². The van der Waals surface area contributed by atoms with Crippen LogP contribution in [0.3, 0.4) is 0 Å². The Balaban J connectivity index is 1.95. The van der Waals surface area contributed by atoms with Crippen LogP contribution in [0.5, 0.6) is 11.6 Å². The highest BCUT2D eigenvalue weighted by Gasteiger charge is 2.14. The van der Waals surface area contributed by atoms with Crippen molar-refractivity contribution in [1.82, 2.24) is 14.7 Å². The molecule has 0 fully saturated rings. The lowest BCUT2D eigenvalue weighted by atomic mass is 10.2. The van der Waals surface area contributed by atoms with Gasteiger partial charge in [0.25, 0.3) is 0 Å². The van der Waals surface area contributed by atoms with Gasteiger partial charge in [-0.1, -0.05) is 19.1 Å². The summed E-state index contributed by atoms with van der Waals surface area (Å²) in [6, 6.07) is 8.02. The smallest absolute Gasteiger partial charge is 0.243 e. The summed E-state index contributed by atoms with van der Waals surface area (Å²) in [6.07, 6.45) is 2.03. The first kappa shape index (κ1) is 13.1. The summed E-state index contributed by atoms with van der Waals surface area (Å²) in [5.41, 5.74) is 2.24. The third-order valence-corrected chi connectivity index (χ3v) is 3.83. The summed E-state index contributed by atoms with van der Waals surface area (Å²) >= 11 is 1.61. The first-order valence-electron chi connectivity index (χ1n) is 6.67. The molecular formula is C15H17N3OS. The standard InChI is InChI=1S/C15H17N3OS/c1-3-16-10-13-14(17-15-18(13)7-8-20-15)19-12-6-4-5-11(2)9-12/h4-9,16H,3,10H2,1-2H3. The minimum Gasteiger partial charge on any atom is -0.437 e. The number of nitrogens with zero attached hydrogens (tertiary/aromatic N) is 2. The second kappa shape index (κ2) is 5.64. The Hall–Kier alpha value is -1.85. The van der Waals surface area contributed by atoms with Crippen molar-refractivity contribution in [3.63, 3.8) is 0 Å². The summed E-state index contributed by atoms with van der Waals surface area (Å²) in [7, 11) is 0. The normalized spacial score (nSPS) is 11.1. The number of imidazole rings is 1. The lowest BCUT2D eigenvalue weighted by Crippen LogP contribution is -2.13. The molecule has 0 aliphatic carbocycles. The van der Waals surface area contributed by atoms with Crippen molar-refractivity contribution in [2.24, 2.45) is 0 Å². The van der Waals surface area contributed by atoms with Gasteiger partial charge in [-0.15, -0.1) is 11.3 Å². The van der Waals surface area contributed by atoms with Crippen LogP contribution in [0.4, 0.5) is 0 Å². The lowest BCUT2D eigenvalue weighted by molar-refractivity contribution is 0.455. The quantitative estimate of drug-likeness (QED) is 0.779. The van der Waals surface area contributed by atoms with Crippen molar-refractivity contribution in [3.05, 3.63) is 47.1 Å². The summed E-state index contributed by atoms with van der Waals surface area (Å²) in [6.45, 7) is 5.81. The molecule has 0 saturated heterocycles. The number of rotatable bonds is 5. The number of thiazole rings is 1. The number of aryl methyl sites for hydroxylation is 1. The molecule has 2 heterocycles. The van der Waals surface area contributed by atoms with Crippen molar-refractivity contribution < 1.29 is 4.74 Å². The van der Waals surface area contributed by atoms with Gasteiger partial charge < -0.3 is 10.1 Å². The van der Waals surface area contributed by atoms with Crippen molar-refractivity contribution in [1.29, 1.82) is 0 Å². The monoisotopic (exact) mass is 287 g/mol. The van der Waals surface area contributed by atoms with Crippen LogP contribution in [0.2, 0.25) is 0 Å². The topological polar surface area (TPSA) is 38.6 Å². The molecule has 0 aliphatic heterocycles. The molecule has 5 heteroatoms. The van der Waals surface area contributed by atoms with Crippen LogP contribution in [-0.2, 0) is 6.54 Å². The van der Waals surface area contributed by atoms with E-state index in [1.165, 1.54) is 5.56 Å². The number of fused-ring (bicyclic) bond motifs is 1. The minimum atomic E-state index is 0.684. The zero-order valence-electron chi connectivity index (χ0n) is 11.6. The maximum absolute atomic E-state index is 5.97. The van der Waals surface area contributed by atoms with E-state index in [1.54, 1.807) is 11.3 Å². The predicted molar refractivity (Wildman–Crippen MR) is 81.7 cm³/mol. The molecular weight excluding hydrogens is 270 g/mol. The van der Waals surface area contributed by atoms with E-state index in [4.69, 9.17) is 4.74 Å². The van der Waals surface area contributed by atoms with Gasteiger partial charge in [-0.2, -0.15) is 4.98 Å². The first-order chi connectivity index (χ1) is 9.78. The number of aromatic nitrogens is 2. The van der Waals surface area contributed by atoms with Gasteiger partial charge in [0.1, 0.15) is 11.4 Å².